The monoisotopic (exact) mass is 418 g/mol. The maximum absolute atomic E-state index is 12.9. The molecule has 0 aliphatic carbocycles. The third kappa shape index (κ3) is 4.82. The van der Waals surface area contributed by atoms with Gasteiger partial charge in [-0.25, -0.2) is 17.5 Å². The van der Waals surface area contributed by atoms with Crippen LogP contribution in [0.3, 0.4) is 0 Å². The van der Waals surface area contributed by atoms with Crippen LogP contribution in [0.15, 0.2) is 27.5 Å². The van der Waals surface area contributed by atoms with Crippen molar-refractivity contribution in [2.45, 2.75) is 32.6 Å². The first-order valence-electron chi connectivity index (χ1n) is 8.40. The Morgan fingerprint density at radius 1 is 1.33 bits per heavy atom. The summed E-state index contributed by atoms with van der Waals surface area (Å²) in [6, 6.07) is 4.56. The van der Waals surface area contributed by atoms with E-state index in [4.69, 9.17) is 14.9 Å². The zero-order chi connectivity index (χ0) is 19.7. The van der Waals surface area contributed by atoms with Crippen molar-refractivity contribution < 1.29 is 22.4 Å². The largest absolute Gasteiger partial charge is 0.460 e. The van der Waals surface area contributed by atoms with Gasteiger partial charge in [-0.15, -0.1) is 12.4 Å². The summed E-state index contributed by atoms with van der Waals surface area (Å²) in [6.45, 7) is 8.13. The van der Waals surface area contributed by atoms with E-state index in [2.05, 4.69) is 0 Å². The molecule has 0 atom stereocenters. The first-order valence-corrected chi connectivity index (χ1v) is 9.84. The number of hydrogen-bond donors (Lipinski definition) is 1. The van der Waals surface area contributed by atoms with E-state index in [1.54, 1.807) is 19.9 Å². The molecule has 0 aliphatic rings. The minimum absolute atomic E-state index is 0. The van der Waals surface area contributed by atoms with Crippen molar-refractivity contribution in [2.24, 2.45) is 11.1 Å². The molecule has 1 aromatic carbocycles. The standard InChI is InChI=1S/C18H26N2O5S.ClH/c1-6-24-17(21)16-12(2)14-9-13(7-8-15(14)25-16)26(22,23)20(5)11-18(3,4)10-19;/h7-9H,6,10-11,19H2,1-5H3;1H. The minimum Gasteiger partial charge on any atom is -0.460 e. The van der Waals surface area contributed by atoms with Gasteiger partial charge in [-0.2, -0.15) is 0 Å². The molecule has 9 heteroatoms. The minimum atomic E-state index is -3.69. The fourth-order valence-electron chi connectivity index (χ4n) is 2.68. The number of nitrogens with two attached hydrogens (primary N) is 1. The van der Waals surface area contributed by atoms with E-state index in [0.29, 0.717) is 29.6 Å². The van der Waals surface area contributed by atoms with Crippen LogP contribution >= 0.6 is 12.4 Å². The van der Waals surface area contributed by atoms with Crippen molar-refractivity contribution in [3.63, 3.8) is 0 Å². The van der Waals surface area contributed by atoms with Gasteiger partial charge in [0.05, 0.1) is 11.5 Å². The Labute approximate surface area is 166 Å². The maximum Gasteiger partial charge on any atom is 0.374 e. The summed E-state index contributed by atoms with van der Waals surface area (Å²) in [5.41, 5.74) is 6.37. The van der Waals surface area contributed by atoms with Crippen LogP contribution in [0.5, 0.6) is 0 Å². The van der Waals surface area contributed by atoms with Gasteiger partial charge in [0.15, 0.2) is 0 Å². The number of fused-ring (bicyclic) bond motifs is 1. The normalized spacial score (nSPS) is 12.3. The van der Waals surface area contributed by atoms with E-state index in [-0.39, 0.29) is 35.1 Å². The summed E-state index contributed by atoms with van der Waals surface area (Å²) in [4.78, 5) is 12.1. The third-order valence-corrected chi connectivity index (χ3v) is 6.08. The van der Waals surface area contributed by atoms with Crippen LogP contribution < -0.4 is 5.73 Å². The SMILES string of the molecule is CCOC(=O)c1oc2ccc(S(=O)(=O)N(C)CC(C)(C)CN)cc2c1C.Cl. The average molecular weight is 419 g/mol. The second-order valence-electron chi connectivity index (χ2n) is 7.06. The Morgan fingerprint density at radius 3 is 2.52 bits per heavy atom. The quantitative estimate of drug-likeness (QED) is 0.693. The first-order chi connectivity index (χ1) is 12.0. The summed E-state index contributed by atoms with van der Waals surface area (Å²) < 4.78 is 37.6. The number of benzene rings is 1. The van der Waals surface area contributed by atoms with E-state index < -0.39 is 16.0 Å². The lowest BCUT2D eigenvalue weighted by atomic mass is 9.94. The molecule has 2 rings (SSSR count). The fraction of sp³-hybridized carbons (Fsp3) is 0.500. The molecule has 27 heavy (non-hydrogen) atoms. The van der Waals surface area contributed by atoms with Crippen molar-refractivity contribution in [2.75, 3.05) is 26.7 Å². The number of esters is 1. The van der Waals surface area contributed by atoms with Crippen LogP contribution in [0.25, 0.3) is 11.0 Å². The Kier molecular flexibility index (Phi) is 7.46. The zero-order valence-corrected chi connectivity index (χ0v) is 17.9. The van der Waals surface area contributed by atoms with Crippen LogP contribution in [-0.4, -0.2) is 45.4 Å². The highest BCUT2D eigenvalue weighted by atomic mass is 35.5. The molecule has 0 aliphatic heterocycles. The molecule has 2 aromatic rings. The van der Waals surface area contributed by atoms with Gasteiger partial charge < -0.3 is 14.9 Å². The molecule has 152 valence electrons. The molecular formula is C18H27ClN2O5S. The second kappa shape index (κ2) is 8.60. The Bertz CT molecular complexity index is 921. The van der Waals surface area contributed by atoms with Gasteiger partial charge >= 0.3 is 5.97 Å². The number of nitrogens with zero attached hydrogens (tertiary/aromatic N) is 1. The number of rotatable bonds is 7. The van der Waals surface area contributed by atoms with Gasteiger partial charge in [-0.05, 0) is 44.0 Å². The molecule has 0 saturated carbocycles. The van der Waals surface area contributed by atoms with Gasteiger partial charge in [0.25, 0.3) is 0 Å². The molecular weight excluding hydrogens is 392 g/mol. The molecule has 1 heterocycles. The number of aryl methyl sites for hydroxylation is 1. The molecule has 0 fully saturated rings. The Hall–Kier alpha value is -1.61. The van der Waals surface area contributed by atoms with E-state index >= 15 is 0 Å². The van der Waals surface area contributed by atoms with Crippen molar-refractivity contribution >= 4 is 39.4 Å². The van der Waals surface area contributed by atoms with Crippen LogP contribution in [0.4, 0.5) is 0 Å². The van der Waals surface area contributed by atoms with E-state index in [9.17, 15) is 13.2 Å². The number of furan rings is 1. The lowest BCUT2D eigenvalue weighted by Gasteiger charge is -2.28. The molecule has 7 nitrogen and oxygen atoms in total. The summed E-state index contributed by atoms with van der Waals surface area (Å²) >= 11 is 0. The molecule has 0 unspecified atom stereocenters. The van der Waals surface area contributed by atoms with Crippen molar-refractivity contribution in [1.82, 2.24) is 4.31 Å². The van der Waals surface area contributed by atoms with Crippen molar-refractivity contribution in [3.05, 3.63) is 29.5 Å². The third-order valence-electron chi connectivity index (χ3n) is 4.28. The predicted molar refractivity (Wildman–Crippen MR) is 107 cm³/mol. The van der Waals surface area contributed by atoms with Crippen LogP contribution in [0.1, 0.15) is 36.9 Å². The lowest BCUT2D eigenvalue weighted by Crippen LogP contribution is -2.39. The number of ether oxygens (including phenoxy) is 1. The summed E-state index contributed by atoms with van der Waals surface area (Å²) in [5, 5.41) is 0.570. The highest BCUT2D eigenvalue weighted by Gasteiger charge is 2.28. The molecule has 1 aromatic heterocycles. The average Bonchev–Trinajstić information content (AvgIpc) is 2.91. The second-order valence-corrected chi connectivity index (χ2v) is 9.11. The molecule has 0 amide bonds. The summed E-state index contributed by atoms with van der Waals surface area (Å²) in [5.74, 6) is -0.471. The smallest absolute Gasteiger partial charge is 0.374 e. The molecule has 2 N–H and O–H groups in total. The number of sulfonamides is 1. The van der Waals surface area contributed by atoms with Crippen molar-refractivity contribution in [1.29, 1.82) is 0 Å². The highest BCUT2D eigenvalue weighted by Crippen LogP contribution is 2.29. The Morgan fingerprint density at radius 2 is 1.96 bits per heavy atom. The zero-order valence-electron chi connectivity index (χ0n) is 16.2. The van der Waals surface area contributed by atoms with Crippen molar-refractivity contribution in [3.8, 4) is 0 Å². The number of hydrogen-bond acceptors (Lipinski definition) is 6. The number of carbonyl (C=O) groups is 1. The van der Waals surface area contributed by atoms with Gasteiger partial charge in [-0.1, -0.05) is 13.8 Å². The predicted octanol–water partition coefficient (Wildman–Crippen LogP) is 2.95. The number of carbonyl (C=O) groups excluding carboxylic acids is 1. The highest BCUT2D eigenvalue weighted by molar-refractivity contribution is 7.89. The van der Waals surface area contributed by atoms with Crippen LogP contribution in [-0.2, 0) is 14.8 Å². The van der Waals surface area contributed by atoms with E-state index in [0.717, 1.165) is 0 Å². The van der Waals surface area contributed by atoms with Gasteiger partial charge in [0.1, 0.15) is 5.58 Å². The molecule has 0 radical (unpaired) electrons. The summed E-state index contributed by atoms with van der Waals surface area (Å²) in [6.07, 6.45) is 0. The van der Waals surface area contributed by atoms with E-state index in [1.807, 2.05) is 13.8 Å². The number of halogens is 1. The molecule has 0 spiro atoms. The van der Waals surface area contributed by atoms with Gasteiger partial charge in [0, 0.05) is 24.5 Å². The van der Waals surface area contributed by atoms with Gasteiger partial charge in [-0.3, -0.25) is 0 Å². The topological polar surface area (TPSA) is 103 Å². The van der Waals surface area contributed by atoms with Gasteiger partial charge in [0.2, 0.25) is 15.8 Å². The Balaban J connectivity index is 0.00000364. The lowest BCUT2D eigenvalue weighted by molar-refractivity contribution is 0.0491. The molecule has 0 bridgehead atoms. The molecule has 0 saturated heterocycles. The first kappa shape index (κ1) is 23.4. The van der Waals surface area contributed by atoms with Crippen LogP contribution in [0.2, 0.25) is 0 Å². The fourth-order valence-corrected chi connectivity index (χ4v) is 4.07. The summed E-state index contributed by atoms with van der Waals surface area (Å²) in [7, 11) is -2.16. The maximum atomic E-state index is 12.9. The van der Waals surface area contributed by atoms with Crippen LogP contribution in [0, 0.1) is 12.3 Å². The van der Waals surface area contributed by atoms with E-state index in [1.165, 1.54) is 23.5 Å².